The van der Waals surface area contributed by atoms with E-state index in [0.717, 1.165) is 25.7 Å². The van der Waals surface area contributed by atoms with Gasteiger partial charge in [-0.05, 0) is 12.8 Å². The van der Waals surface area contributed by atoms with Gasteiger partial charge in [-0.2, -0.15) is 0 Å². The molecule has 0 fully saturated rings. The summed E-state index contributed by atoms with van der Waals surface area (Å²) in [6.45, 7) is 4.39. The van der Waals surface area contributed by atoms with Gasteiger partial charge in [0.05, 0.1) is 18.8 Å². The molecule has 3 N–H and O–H groups in total. The largest absolute Gasteiger partial charge is 0.394 e. The molecule has 294 valence electrons. The van der Waals surface area contributed by atoms with E-state index < -0.39 is 12.1 Å². The van der Waals surface area contributed by atoms with Crippen molar-refractivity contribution < 1.29 is 15.0 Å². The van der Waals surface area contributed by atoms with E-state index in [-0.39, 0.29) is 12.5 Å². The van der Waals surface area contributed by atoms with Crippen molar-refractivity contribution in [2.45, 2.75) is 276 Å². The Bertz CT molecular complexity index is 626. The molecule has 0 radical (unpaired) electrons. The predicted molar refractivity (Wildman–Crippen MR) is 216 cm³/mol. The van der Waals surface area contributed by atoms with Gasteiger partial charge in [0.25, 0.3) is 0 Å². The van der Waals surface area contributed by atoms with Crippen molar-refractivity contribution in [3.05, 3.63) is 0 Å². The van der Waals surface area contributed by atoms with Crippen LogP contribution in [-0.4, -0.2) is 34.9 Å². The highest BCUT2D eigenvalue weighted by molar-refractivity contribution is 5.76. The predicted octanol–water partition coefficient (Wildman–Crippen LogP) is 14.1. The third-order valence-electron chi connectivity index (χ3n) is 10.9. The minimum Gasteiger partial charge on any atom is -0.394 e. The number of carbonyl (C=O) groups excluding carboxylic acids is 1. The lowest BCUT2D eigenvalue weighted by molar-refractivity contribution is -0.123. The number of amides is 1. The summed E-state index contributed by atoms with van der Waals surface area (Å²) in [7, 11) is 0. The highest BCUT2D eigenvalue weighted by Crippen LogP contribution is 2.17. The van der Waals surface area contributed by atoms with Crippen molar-refractivity contribution in [1.29, 1.82) is 0 Å². The van der Waals surface area contributed by atoms with Crippen LogP contribution in [0.2, 0.25) is 0 Å². The average Bonchev–Trinajstić information content (AvgIpc) is 3.10. The Kier molecular flexibility index (Phi) is 41.3. The first kappa shape index (κ1) is 48.4. The molecule has 0 aromatic carbocycles. The van der Waals surface area contributed by atoms with Crippen LogP contribution in [0, 0.1) is 0 Å². The van der Waals surface area contributed by atoms with Gasteiger partial charge in [0.1, 0.15) is 0 Å². The fraction of sp³-hybridized carbons (Fsp3) is 0.978. The molecule has 2 atom stereocenters. The summed E-state index contributed by atoms with van der Waals surface area (Å²) in [6.07, 6.45) is 50.4. The SMILES string of the molecule is CCCCCCCCCCCCCCCCCCCCCCCC(=O)NC(CO)C(O)CCCCCCCCCCCCCCCCCC. The molecule has 0 aliphatic carbocycles. The topological polar surface area (TPSA) is 69.6 Å². The van der Waals surface area contributed by atoms with Crippen LogP contribution in [0.4, 0.5) is 0 Å². The zero-order valence-electron chi connectivity index (χ0n) is 33.7. The molecule has 0 saturated carbocycles. The molecule has 0 saturated heterocycles. The number of rotatable bonds is 42. The molecule has 0 aliphatic rings. The summed E-state index contributed by atoms with van der Waals surface area (Å²) in [5.74, 6) is -0.0251. The van der Waals surface area contributed by atoms with Gasteiger partial charge in [0.15, 0.2) is 0 Å². The fourth-order valence-corrected chi connectivity index (χ4v) is 7.36. The Hall–Kier alpha value is -0.610. The summed E-state index contributed by atoms with van der Waals surface area (Å²) in [5.41, 5.74) is 0. The molecule has 0 bridgehead atoms. The fourth-order valence-electron chi connectivity index (χ4n) is 7.36. The van der Waals surface area contributed by atoms with E-state index in [1.807, 2.05) is 0 Å². The lowest BCUT2D eigenvalue weighted by Gasteiger charge is -2.22. The van der Waals surface area contributed by atoms with E-state index in [4.69, 9.17) is 0 Å². The molecule has 49 heavy (non-hydrogen) atoms. The number of unbranched alkanes of at least 4 members (excludes halogenated alkanes) is 35. The average molecular weight is 694 g/mol. The van der Waals surface area contributed by atoms with Crippen LogP contribution < -0.4 is 5.32 Å². The summed E-state index contributed by atoms with van der Waals surface area (Å²) >= 11 is 0. The first-order chi connectivity index (χ1) is 24.2. The maximum absolute atomic E-state index is 12.4. The zero-order valence-corrected chi connectivity index (χ0v) is 33.7. The first-order valence-electron chi connectivity index (χ1n) is 22.7. The standard InChI is InChI=1S/C45H91NO3/c1-3-5-7-9-11-13-15-17-19-21-22-23-24-25-27-29-31-33-35-37-39-41-45(49)46-43(42-47)44(48)40-38-36-34-32-30-28-26-20-18-16-14-12-10-8-6-4-2/h43-44,47-48H,3-42H2,1-2H3,(H,46,49). The molecule has 0 aliphatic heterocycles. The monoisotopic (exact) mass is 694 g/mol. The minimum atomic E-state index is -0.652. The second-order valence-corrected chi connectivity index (χ2v) is 15.8. The van der Waals surface area contributed by atoms with E-state index >= 15 is 0 Å². The molecule has 2 unspecified atom stereocenters. The molecule has 0 rings (SSSR count). The molecular formula is C45H91NO3. The summed E-state index contributed by atoms with van der Waals surface area (Å²) in [5, 5.41) is 23.2. The summed E-state index contributed by atoms with van der Waals surface area (Å²) in [4.78, 5) is 12.4. The normalized spacial score (nSPS) is 12.8. The molecule has 0 aromatic rings. The van der Waals surface area contributed by atoms with E-state index in [9.17, 15) is 15.0 Å². The van der Waals surface area contributed by atoms with Crippen molar-refractivity contribution in [3.8, 4) is 0 Å². The maximum Gasteiger partial charge on any atom is 0.220 e. The van der Waals surface area contributed by atoms with Gasteiger partial charge in [0.2, 0.25) is 5.91 Å². The van der Waals surface area contributed by atoms with Crippen LogP contribution in [0.25, 0.3) is 0 Å². The summed E-state index contributed by atoms with van der Waals surface area (Å²) in [6, 6.07) is -0.529. The highest BCUT2D eigenvalue weighted by atomic mass is 16.3. The quantitative estimate of drug-likeness (QED) is 0.0557. The van der Waals surface area contributed by atoms with Crippen molar-refractivity contribution in [2.75, 3.05) is 6.61 Å². The van der Waals surface area contributed by atoms with Gasteiger partial charge in [-0.3, -0.25) is 4.79 Å². The van der Waals surface area contributed by atoms with Crippen molar-refractivity contribution >= 4 is 5.91 Å². The van der Waals surface area contributed by atoms with Gasteiger partial charge in [-0.25, -0.2) is 0 Å². The number of hydrogen-bond acceptors (Lipinski definition) is 3. The van der Waals surface area contributed by atoms with E-state index in [2.05, 4.69) is 19.2 Å². The second kappa shape index (κ2) is 41.8. The summed E-state index contributed by atoms with van der Waals surface area (Å²) < 4.78 is 0. The van der Waals surface area contributed by atoms with E-state index in [1.54, 1.807) is 0 Å². The van der Waals surface area contributed by atoms with Crippen LogP contribution in [0.1, 0.15) is 264 Å². The lowest BCUT2D eigenvalue weighted by atomic mass is 10.0. The van der Waals surface area contributed by atoms with Gasteiger partial charge < -0.3 is 15.5 Å². The van der Waals surface area contributed by atoms with Crippen LogP contribution in [0.15, 0.2) is 0 Å². The van der Waals surface area contributed by atoms with Gasteiger partial charge in [0, 0.05) is 6.42 Å². The smallest absolute Gasteiger partial charge is 0.220 e. The Morgan fingerprint density at radius 3 is 0.918 bits per heavy atom. The van der Waals surface area contributed by atoms with Gasteiger partial charge in [-0.1, -0.05) is 245 Å². The van der Waals surface area contributed by atoms with Crippen molar-refractivity contribution in [2.24, 2.45) is 0 Å². The molecule has 0 aromatic heterocycles. The molecule has 4 nitrogen and oxygen atoms in total. The molecule has 0 spiro atoms. The van der Waals surface area contributed by atoms with Crippen LogP contribution in [0.3, 0.4) is 0 Å². The van der Waals surface area contributed by atoms with Crippen molar-refractivity contribution in [3.63, 3.8) is 0 Å². The van der Waals surface area contributed by atoms with Crippen molar-refractivity contribution in [1.82, 2.24) is 5.32 Å². The van der Waals surface area contributed by atoms with Gasteiger partial charge >= 0.3 is 0 Å². The van der Waals surface area contributed by atoms with Crippen LogP contribution >= 0.6 is 0 Å². The Labute approximate surface area is 308 Å². The Balaban J connectivity index is 3.45. The van der Waals surface area contributed by atoms with Crippen LogP contribution in [0.5, 0.6) is 0 Å². The molecule has 0 heterocycles. The molecular weight excluding hydrogens is 602 g/mol. The second-order valence-electron chi connectivity index (χ2n) is 15.8. The van der Waals surface area contributed by atoms with E-state index in [1.165, 1.54) is 212 Å². The maximum atomic E-state index is 12.4. The minimum absolute atomic E-state index is 0.0251. The number of aliphatic hydroxyl groups is 2. The Morgan fingerprint density at radius 1 is 0.408 bits per heavy atom. The third-order valence-corrected chi connectivity index (χ3v) is 10.9. The van der Waals surface area contributed by atoms with Crippen LogP contribution in [-0.2, 0) is 4.79 Å². The number of aliphatic hydroxyl groups excluding tert-OH is 2. The zero-order chi connectivity index (χ0) is 35.7. The molecule has 1 amide bonds. The lowest BCUT2D eigenvalue weighted by Crippen LogP contribution is -2.45. The highest BCUT2D eigenvalue weighted by Gasteiger charge is 2.20. The third kappa shape index (κ3) is 38.5. The van der Waals surface area contributed by atoms with E-state index in [0.29, 0.717) is 12.8 Å². The first-order valence-corrected chi connectivity index (χ1v) is 22.7. The molecule has 4 heteroatoms. The number of hydrogen-bond donors (Lipinski definition) is 3. The number of carbonyl (C=O) groups is 1. The Morgan fingerprint density at radius 2 is 0.653 bits per heavy atom. The number of nitrogens with one attached hydrogen (secondary N) is 1. The van der Waals surface area contributed by atoms with Gasteiger partial charge in [-0.15, -0.1) is 0 Å².